The molecule has 0 radical (unpaired) electrons. The van der Waals surface area contributed by atoms with Crippen molar-refractivity contribution in [3.8, 4) is 0 Å². The summed E-state index contributed by atoms with van der Waals surface area (Å²) in [4.78, 5) is 11.2. The van der Waals surface area contributed by atoms with Gasteiger partial charge in [-0.25, -0.2) is 5.06 Å². The van der Waals surface area contributed by atoms with Crippen LogP contribution in [0.3, 0.4) is 0 Å². The van der Waals surface area contributed by atoms with E-state index in [-0.39, 0.29) is 11.9 Å². The van der Waals surface area contributed by atoms with Crippen LogP contribution in [0.5, 0.6) is 0 Å². The van der Waals surface area contributed by atoms with Gasteiger partial charge in [0, 0.05) is 18.2 Å². The van der Waals surface area contributed by atoms with E-state index in [0.29, 0.717) is 0 Å². The van der Waals surface area contributed by atoms with E-state index in [9.17, 15) is 10.0 Å². The topological polar surface area (TPSA) is 52.6 Å². The van der Waals surface area contributed by atoms with Crippen LogP contribution in [0.2, 0.25) is 0 Å². The first-order valence-electron chi connectivity index (χ1n) is 7.23. The van der Waals surface area contributed by atoms with Gasteiger partial charge in [0.1, 0.15) is 0 Å². The Bertz CT molecular complexity index is 752. The quantitative estimate of drug-likeness (QED) is 0.888. The van der Waals surface area contributed by atoms with Crippen molar-refractivity contribution in [3.05, 3.63) is 65.7 Å². The zero-order valence-corrected chi connectivity index (χ0v) is 12.6. The van der Waals surface area contributed by atoms with E-state index in [1.165, 1.54) is 12.0 Å². The fraction of sp³-hybridized carbons (Fsp3) is 0.167. The highest BCUT2D eigenvalue weighted by Crippen LogP contribution is 2.37. The van der Waals surface area contributed by atoms with Crippen molar-refractivity contribution in [2.45, 2.75) is 19.9 Å². The summed E-state index contributed by atoms with van der Waals surface area (Å²) in [6, 6.07) is 15.4. The number of nitrogens with one attached hydrogen (secondary N) is 1. The molecule has 0 spiro atoms. The summed E-state index contributed by atoms with van der Waals surface area (Å²) in [7, 11) is 0. The molecule has 0 aromatic heterocycles. The van der Waals surface area contributed by atoms with Gasteiger partial charge in [0.05, 0.1) is 11.7 Å². The van der Waals surface area contributed by atoms with Crippen molar-refractivity contribution in [2.24, 2.45) is 0 Å². The molecular weight excluding hydrogens is 276 g/mol. The van der Waals surface area contributed by atoms with Gasteiger partial charge >= 0.3 is 0 Å². The van der Waals surface area contributed by atoms with Gasteiger partial charge in [-0.2, -0.15) is 0 Å². The molecular formula is C18H18N2O2. The number of fused-ring (bicyclic) bond motifs is 1. The van der Waals surface area contributed by atoms with Crippen molar-refractivity contribution in [1.29, 1.82) is 0 Å². The van der Waals surface area contributed by atoms with E-state index in [0.717, 1.165) is 28.1 Å². The zero-order chi connectivity index (χ0) is 15.7. The van der Waals surface area contributed by atoms with Gasteiger partial charge < -0.3 is 5.32 Å². The Morgan fingerprint density at radius 1 is 1.18 bits per heavy atom. The molecule has 0 bridgehead atoms. The van der Waals surface area contributed by atoms with Crippen LogP contribution in [-0.4, -0.2) is 17.2 Å². The van der Waals surface area contributed by atoms with Crippen LogP contribution in [0.15, 0.2) is 54.6 Å². The average Bonchev–Trinajstić information content (AvgIpc) is 2.50. The molecule has 1 aliphatic heterocycles. The zero-order valence-electron chi connectivity index (χ0n) is 12.6. The molecule has 1 atom stereocenters. The first kappa shape index (κ1) is 14.4. The molecule has 0 aliphatic carbocycles. The lowest BCUT2D eigenvalue weighted by Crippen LogP contribution is -2.31. The lowest BCUT2D eigenvalue weighted by molar-refractivity contribution is -0.114. The van der Waals surface area contributed by atoms with Crippen LogP contribution in [-0.2, 0) is 4.79 Å². The van der Waals surface area contributed by atoms with Crippen LogP contribution in [0, 0.1) is 0 Å². The van der Waals surface area contributed by atoms with Crippen LogP contribution in [0.1, 0.15) is 25.0 Å². The summed E-state index contributed by atoms with van der Waals surface area (Å²) >= 11 is 0. The second kappa shape index (κ2) is 5.66. The second-order valence-corrected chi connectivity index (χ2v) is 5.44. The third kappa shape index (κ3) is 2.61. The lowest BCUT2D eigenvalue weighted by Gasteiger charge is -2.30. The van der Waals surface area contributed by atoms with E-state index in [1.54, 1.807) is 0 Å². The maximum atomic E-state index is 11.2. The Morgan fingerprint density at radius 2 is 1.95 bits per heavy atom. The monoisotopic (exact) mass is 294 g/mol. The minimum Gasteiger partial charge on any atom is -0.326 e. The molecule has 1 heterocycles. The third-order valence-electron chi connectivity index (χ3n) is 3.73. The summed E-state index contributed by atoms with van der Waals surface area (Å²) in [5.41, 5.74) is 4.60. The standard InChI is InChI=1S/C18H18N2O2/c1-12-10-17(16-8-3-4-9-18(16)20(12)22)14-6-5-7-15(11-14)19-13(2)21/h3-12,22H,1-2H3,(H,19,21). The van der Waals surface area contributed by atoms with Crippen LogP contribution in [0.25, 0.3) is 5.57 Å². The highest BCUT2D eigenvalue weighted by Gasteiger charge is 2.23. The Kier molecular flexibility index (Phi) is 3.69. The number of carbonyl (C=O) groups excluding carboxylic acids is 1. The number of anilines is 2. The highest BCUT2D eigenvalue weighted by atomic mass is 16.5. The number of hydrogen-bond acceptors (Lipinski definition) is 3. The number of amides is 1. The van der Waals surface area contributed by atoms with E-state index >= 15 is 0 Å². The van der Waals surface area contributed by atoms with E-state index in [4.69, 9.17) is 0 Å². The smallest absolute Gasteiger partial charge is 0.221 e. The molecule has 22 heavy (non-hydrogen) atoms. The number of hydrogen-bond donors (Lipinski definition) is 2. The van der Waals surface area contributed by atoms with Crippen molar-refractivity contribution >= 4 is 22.9 Å². The SMILES string of the molecule is CC(=O)Nc1cccc(C2=CC(C)N(O)c3ccccc32)c1. The predicted octanol–water partition coefficient (Wildman–Crippen LogP) is 3.67. The number of para-hydroxylation sites is 1. The molecule has 1 unspecified atom stereocenters. The van der Waals surface area contributed by atoms with Crippen LogP contribution in [0.4, 0.5) is 11.4 Å². The van der Waals surface area contributed by atoms with Crippen LogP contribution < -0.4 is 10.4 Å². The van der Waals surface area contributed by atoms with Crippen molar-refractivity contribution in [2.75, 3.05) is 10.4 Å². The van der Waals surface area contributed by atoms with Gasteiger partial charge in [0.2, 0.25) is 5.91 Å². The molecule has 1 aliphatic rings. The summed E-state index contributed by atoms with van der Waals surface area (Å²) in [6.45, 7) is 3.43. The average molecular weight is 294 g/mol. The molecule has 4 nitrogen and oxygen atoms in total. The Hall–Kier alpha value is -2.59. The first-order valence-corrected chi connectivity index (χ1v) is 7.23. The summed E-state index contributed by atoms with van der Waals surface area (Å²) < 4.78 is 0. The molecule has 4 heteroatoms. The fourth-order valence-corrected chi connectivity index (χ4v) is 2.74. The number of carbonyl (C=O) groups is 1. The maximum Gasteiger partial charge on any atom is 0.221 e. The number of rotatable bonds is 2. The molecule has 0 fully saturated rings. The van der Waals surface area contributed by atoms with Gasteiger partial charge in [-0.3, -0.25) is 10.0 Å². The molecule has 2 aromatic carbocycles. The van der Waals surface area contributed by atoms with Gasteiger partial charge in [0.25, 0.3) is 0 Å². The largest absolute Gasteiger partial charge is 0.326 e. The van der Waals surface area contributed by atoms with Crippen LogP contribution >= 0.6 is 0 Å². The molecule has 0 saturated carbocycles. The Morgan fingerprint density at radius 3 is 2.73 bits per heavy atom. The number of hydroxylamine groups is 1. The molecule has 0 saturated heterocycles. The van der Waals surface area contributed by atoms with Crippen molar-refractivity contribution in [1.82, 2.24) is 0 Å². The molecule has 112 valence electrons. The third-order valence-corrected chi connectivity index (χ3v) is 3.73. The Balaban J connectivity index is 2.08. The second-order valence-electron chi connectivity index (χ2n) is 5.44. The summed E-state index contributed by atoms with van der Waals surface area (Å²) in [6.07, 6.45) is 2.02. The normalized spacial score (nSPS) is 16.8. The minimum absolute atomic E-state index is 0.0925. The summed E-state index contributed by atoms with van der Waals surface area (Å²) in [5, 5.41) is 14.3. The molecule has 1 amide bonds. The maximum absolute atomic E-state index is 11.2. The lowest BCUT2D eigenvalue weighted by atomic mass is 9.91. The highest BCUT2D eigenvalue weighted by molar-refractivity contribution is 5.92. The molecule has 2 aromatic rings. The first-order chi connectivity index (χ1) is 10.6. The minimum atomic E-state index is -0.116. The fourth-order valence-electron chi connectivity index (χ4n) is 2.74. The van der Waals surface area contributed by atoms with Crippen molar-refractivity contribution < 1.29 is 10.0 Å². The number of benzene rings is 2. The predicted molar refractivity (Wildman–Crippen MR) is 88.0 cm³/mol. The van der Waals surface area contributed by atoms with Crippen molar-refractivity contribution in [3.63, 3.8) is 0 Å². The van der Waals surface area contributed by atoms with Gasteiger partial charge in [-0.1, -0.05) is 36.4 Å². The Labute approximate surface area is 129 Å². The van der Waals surface area contributed by atoms with Gasteiger partial charge in [0.15, 0.2) is 0 Å². The molecule has 3 rings (SSSR count). The summed E-state index contributed by atoms with van der Waals surface area (Å²) in [5.74, 6) is -0.0925. The number of nitrogens with zero attached hydrogens (tertiary/aromatic N) is 1. The van der Waals surface area contributed by atoms with Gasteiger partial charge in [-0.15, -0.1) is 0 Å². The van der Waals surface area contributed by atoms with E-state index < -0.39 is 0 Å². The van der Waals surface area contributed by atoms with E-state index in [2.05, 4.69) is 5.32 Å². The van der Waals surface area contributed by atoms with E-state index in [1.807, 2.05) is 61.5 Å². The molecule has 2 N–H and O–H groups in total. The van der Waals surface area contributed by atoms with Gasteiger partial charge in [-0.05, 0) is 36.3 Å².